The predicted octanol–water partition coefficient (Wildman–Crippen LogP) is -0.538. The molecule has 2 amide bonds. The van der Waals surface area contributed by atoms with Crippen LogP contribution in [0, 0.1) is 5.92 Å². The number of hydrogen-bond donors (Lipinski definition) is 2. The molecule has 2 aliphatic rings. The second kappa shape index (κ2) is 4.82. The maximum Gasteiger partial charge on any atom is 0.236 e. The highest BCUT2D eigenvalue weighted by Crippen LogP contribution is 2.26. The fraction of sp³-hybridized carbons (Fsp3) is 0.818. The van der Waals surface area contributed by atoms with E-state index in [1.54, 1.807) is 4.90 Å². The fourth-order valence-corrected chi connectivity index (χ4v) is 2.57. The van der Waals surface area contributed by atoms with Gasteiger partial charge < -0.3 is 16.0 Å². The van der Waals surface area contributed by atoms with Crippen molar-refractivity contribution in [1.82, 2.24) is 10.2 Å². The summed E-state index contributed by atoms with van der Waals surface area (Å²) >= 11 is 0. The Hall–Kier alpha value is -1.10. The molecule has 1 atom stereocenters. The van der Waals surface area contributed by atoms with Crippen molar-refractivity contribution in [2.45, 2.75) is 31.7 Å². The lowest BCUT2D eigenvalue weighted by molar-refractivity contribution is -0.137. The zero-order chi connectivity index (χ0) is 11.5. The van der Waals surface area contributed by atoms with Gasteiger partial charge in [-0.05, 0) is 12.8 Å². The van der Waals surface area contributed by atoms with Crippen molar-refractivity contribution in [2.75, 3.05) is 19.6 Å². The molecule has 1 heterocycles. The Balaban J connectivity index is 1.93. The van der Waals surface area contributed by atoms with Crippen LogP contribution in [0.25, 0.3) is 0 Å². The van der Waals surface area contributed by atoms with Crippen LogP contribution >= 0.6 is 0 Å². The number of nitrogens with one attached hydrogen (secondary N) is 1. The molecule has 1 aliphatic heterocycles. The Morgan fingerprint density at radius 2 is 1.94 bits per heavy atom. The molecule has 0 bridgehead atoms. The topological polar surface area (TPSA) is 75.4 Å². The monoisotopic (exact) mass is 225 g/mol. The van der Waals surface area contributed by atoms with Crippen molar-refractivity contribution in [3.8, 4) is 0 Å². The smallest absolute Gasteiger partial charge is 0.236 e. The van der Waals surface area contributed by atoms with Gasteiger partial charge in [-0.15, -0.1) is 0 Å². The first-order chi connectivity index (χ1) is 7.68. The maximum absolute atomic E-state index is 12.1. The van der Waals surface area contributed by atoms with Gasteiger partial charge in [-0.3, -0.25) is 9.59 Å². The molecule has 0 spiro atoms. The number of carbonyl (C=O) groups is 2. The number of hydrogen-bond acceptors (Lipinski definition) is 3. The third-order valence-electron chi connectivity index (χ3n) is 3.53. The molecule has 0 aromatic rings. The number of nitrogens with zero attached hydrogens (tertiary/aromatic N) is 1. The highest BCUT2D eigenvalue weighted by Gasteiger charge is 2.31. The van der Waals surface area contributed by atoms with E-state index in [2.05, 4.69) is 5.32 Å². The van der Waals surface area contributed by atoms with Gasteiger partial charge in [-0.2, -0.15) is 0 Å². The SMILES string of the molecule is NC(=O)[C@H]1CN(C(=O)C2CCCC2)CCN1. The molecule has 1 saturated heterocycles. The molecule has 16 heavy (non-hydrogen) atoms. The molecule has 3 N–H and O–H groups in total. The van der Waals surface area contributed by atoms with Gasteiger partial charge in [-0.1, -0.05) is 12.8 Å². The summed E-state index contributed by atoms with van der Waals surface area (Å²) in [5.41, 5.74) is 5.24. The first kappa shape index (κ1) is 11.4. The number of piperazine rings is 1. The Morgan fingerprint density at radius 1 is 1.25 bits per heavy atom. The lowest BCUT2D eigenvalue weighted by Gasteiger charge is -2.33. The van der Waals surface area contributed by atoms with Crippen molar-refractivity contribution in [2.24, 2.45) is 11.7 Å². The number of amides is 2. The van der Waals surface area contributed by atoms with Crippen molar-refractivity contribution in [3.63, 3.8) is 0 Å². The van der Waals surface area contributed by atoms with Crippen molar-refractivity contribution < 1.29 is 9.59 Å². The molecule has 2 fully saturated rings. The van der Waals surface area contributed by atoms with Gasteiger partial charge in [0.2, 0.25) is 11.8 Å². The molecular weight excluding hydrogens is 206 g/mol. The Morgan fingerprint density at radius 3 is 2.56 bits per heavy atom. The van der Waals surface area contributed by atoms with E-state index in [0.29, 0.717) is 19.6 Å². The first-order valence-electron chi connectivity index (χ1n) is 6.00. The highest BCUT2D eigenvalue weighted by atomic mass is 16.2. The van der Waals surface area contributed by atoms with E-state index in [1.807, 2.05) is 0 Å². The minimum atomic E-state index is -0.376. The molecule has 1 aliphatic carbocycles. The van der Waals surface area contributed by atoms with Crippen LogP contribution in [0.15, 0.2) is 0 Å². The van der Waals surface area contributed by atoms with Crippen LogP contribution in [-0.4, -0.2) is 42.4 Å². The van der Waals surface area contributed by atoms with Crippen molar-refractivity contribution in [3.05, 3.63) is 0 Å². The summed E-state index contributed by atoms with van der Waals surface area (Å²) in [5, 5.41) is 3.03. The van der Waals surface area contributed by atoms with Gasteiger partial charge in [0.05, 0.1) is 0 Å². The van der Waals surface area contributed by atoms with Crippen LogP contribution in [0.1, 0.15) is 25.7 Å². The van der Waals surface area contributed by atoms with E-state index >= 15 is 0 Å². The molecule has 1 saturated carbocycles. The maximum atomic E-state index is 12.1. The van der Waals surface area contributed by atoms with Crippen LogP contribution in [0.5, 0.6) is 0 Å². The van der Waals surface area contributed by atoms with Gasteiger partial charge in [-0.25, -0.2) is 0 Å². The lowest BCUT2D eigenvalue weighted by atomic mass is 10.1. The average molecular weight is 225 g/mol. The fourth-order valence-electron chi connectivity index (χ4n) is 2.57. The molecule has 5 nitrogen and oxygen atoms in total. The molecule has 0 aromatic heterocycles. The van der Waals surface area contributed by atoms with Crippen LogP contribution in [0.3, 0.4) is 0 Å². The lowest BCUT2D eigenvalue weighted by Crippen LogP contribution is -2.58. The quantitative estimate of drug-likeness (QED) is 0.663. The standard InChI is InChI=1S/C11H19N3O2/c12-10(15)9-7-14(6-5-13-9)11(16)8-3-1-2-4-8/h8-9,13H,1-7H2,(H2,12,15)/t9-/m1/s1. The van der Waals surface area contributed by atoms with E-state index in [9.17, 15) is 9.59 Å². The van der Waals surface area contributed by atoms with Crippen molar-refractivity contribution in [1.29, 1.82) is 0 Å². The van der Waals surface area contributed by atoms with Crippen LogP contribution in [0.2, 0.25) is 0 Å². The first-order valence-corrected chi connectivity index (χ1v) is 6.00. The minimum Gasteiger partial charge on any atom is -0.368 e. The van der Waals surface area contributed by atoms with Gasteiger partial charge in [0.1, 0.15) is 6.04 Å². The summed E-state index contributed by atoms with van der Waals surface area (Å²) in [6, 6.07) is -0.376. The third-order valence-corrected chi connectivity index (χ3v) is 3.53. The summed E-state index contributed by atoms with van der Waals surface area (Å²) in [6.45, 7) is 1.79. The summed E-state index contributed by atoms with van der Waals surface area (Å²) in [5.74, 6) is 0.0285. The predicted molar refractivity (Wildman–Crippen MR) is 59.5 cm³/mol. The van der Waals surface area contributed by atoms with Crippen LogP contribution < -0.4 is 11.1 Å². The number of nitrogens with two attached hydrogens (primary N) is 1. The normalized spacial score (nSPS) is 27.0. The van der Waals surface area contributed by atoms with Gasteiger partial charge in [0, 0.05) is 25.6 Å². The van der Waals surface area contributed by atoms with E-state index in [4.69, 9.17) is 5.73 Å². The zero-order valence-corrected chi connectivity index (χ0v) is 9.45. The van der Waals surface area contributed by atoms with Gasteiger partial charge in [0.25, 0.3) is 0 Å². The van der Waals surface area contributed by atoms with Gasteiger partial charge in [0.15, 0.2) is 0 Å². The second-order valence-electron chi connectivity index (χ2n) is 4.67. The van der Waals surface area contributed by atoms with Crippen LogP contribution in [0.4, 0.5) is 0 Å². The van der Waals surface area contributed by atoms with E-state index in [0.717, 1.165) is 25.7 Å². The van der Waals surface area contributed by atoms with Crippen molar-refractivity contribution >= 4 is 11.8 Å². The van der Waals surface area contributed by atoms with E-state index < -0.39 is 0 Å². The summed E-state index contributed by atoms with van der Waals surface area (Å²) in [6.07, 6.45) is 4.32. The molecule has 0 unspecified atom stereocenters. The Labute approximate surface area is 95.3 Å². The molecule has 2 rings (SSSR count). The minimum absolute atomic E-state index is 0.187. The molecule has 0 radical (unpaired) electrons. The number of rotatable bonds is 2. The summed E-state index contributed by atoms with van der Waals surface area (Å²) in [7, 11) is 0. The second-order valence-corrected chi connectivity index (χ2v) is 4.67. The molecule has 5 heteroatoms. The van der Waals surface area contributed by atoms with E-state index in [-0.39, 0.29) is 23.8 Å². The summed E-state index contributed by atoms with van der Waals surface area (Å²) in [4.78, 5) is 25.0. The average Bonchev–Trinajstić information content (AvgIpc) is 2.81. The molecule has 0 aromatic carbocycles. The number of carbonyl (C=O) groups excluding carboxylic acids is 2. The Kier molecular flexibility index (Phi) is 3.43. The van der Waals surface area contributed by atoms with E-state index in [1.165, 1.54) is 0 Å². The third kappa shape index (κ3) is 2.35. The molecule has 90 valence electrons. The van der Waals surface area contributed by atoms with Crippen LogP contribution in [-0.2, 0) is 9.59 Å². The number of primary amides is 1. The Bertz CT molecular complexity index is 287. The van der Waals surface area contributed by atoms with Gasteiger partial charge >= 0.3 is 0 Å². The highest BCUT2D eigenvalue weighted by molar-refractivity contribution is 5.83. The summed E-state index contributed by atoms with van der Waals surface area (Å²) < 4.78 is 0. The molecular formula is C11H19N3O2. The largest absolute Gasteiger partial charge is 0.368 e. The zero-order valence-electron chi connectivity index (χ0n) is 9.45.